The molecule has 0 spiro atoms. The third kappa shape index (κ3) is 3.79. The number of aromatic nitrogens is 5. The molecule has 5 heterocycles. The quantitative estimate of drug-likeness (QED) is 0.401. The van der Waals surface area contributed by atoms with Gasteiger partial charge < -0.3 is 15.4 Å². The Kier molecular flexibility index (Phi) is 5.45. The first-order chi connectivity index (χ1) is 17.6. The maximum absolute atomic E-state index is 13.2. The molecule has 1 amide bonds. The normalized spacial score (nSPS) is 15.1. The molecule has 182 valence electrons. The lowest BCUT2D eigenvalue weighted by atomic mass is 10.0. The fourth-order valence-electron chi connectivity index (χ4n) is 4.61. The van der Waals surface area contributed by atoms with Gasteiger partial charge in [-0.3, -0.25) is 9.69 Å². The fraction of sp³-hybridized carbons (Fsp3) is 0.240. The van der Waals surface area contributed by atoms with E-state index >= 15 is 0 Å². The first kappa shape index (κ1) is 22.0. The summed E-state index contributed by atoms with van der Waals surface area (Å²) in [5, 5.41) is 7.03. The van der Waals surface area contributed by atoms with Gasteiger partial charge >= 0.3 is 6.09 Å². The number of ether oxygens (including phenoxy) is 1. The Balaban J connectivity index is 1.44. The van der Waals surface area contributed by atoms with Gasteiger partial charge in [0.05, 0.1) is 18.8 Å². The predicted molar refractivity (Wildman–Crippen MR) is 135 cm³/mol. The molecule has 0 atom stereocenters. The summed E-state index contributed by atoms with van der Waals surface area (Å²) in [6.07, 6.45) is 5.28. The molecular weight excluding hydrogens is 460 g/mol. The van der Waals surface area contributed by atoms with Crippen LogP contribution in [0.3, 0.4) is 0 Å². The van der Waals surface area contributed by atoms with Crippen LogP contribution in [0.25, 0.3) is 16.7 Å². The van der Waals surface area contributed by atoms with E-state index < -0.39 is 6.09 Å². The van der Waals surface area contributed by atoms with Gasteiger partial charge in [0.25, 0.3) is 5.56 Å². The van der Waals surface area contributed by atoms with Gasteiger partial charge in [0.2, 0.25) is 5.95 Å². The van der Waals surface area contributed by atoms with Crippen molar-refractivity contribution in [3.8, 4) is 5.69 Å². The van der Waals surface area contributed by atoms with Crippen molar-refractivity contribution in [1.82, 2.24) is 29.6 Å². The van der Waals surface area contributed by atoms with Crippen LogP contribution < -0.4 is 21.1 Å². The molecule has 1 aromatic carbocycles. The monoisotopic (exact) mass is 484 g/mol. The maximum atomic E-state index is 13.2. The van der Waals surface area contributed by atoms with Crippen LogP contribution in [0.5, 0.6) is 0 Å². The van der Waals surface area contributed by atoms with Gasteiger partial charge in [0.1, 0.15) is 17.8 Å². The number of nitrogens with zero attached hydrogens (tertiary/aromatic N) is 6. The van der Waals surface area contributed by atoms with Crippen molar-refractivity contribution < 1.29 is 9.53 Å². The van der Waals surface area contributed by atoms with E-state index in [2.05, 4.69) is 39.3 Å². The van der Waals surface area contributed by atoms with Crippen LogP contribution in [0, 0.1) is 0 Å². The molecule has 0 radical (unpaired) electrons. The highest BCUT2D eigenvalue weighted by atomic mass is 16.6. The minimum Gasteiger partial charge on any atom is -0.447 e. The highest BCUT2D eigenvalue weighted by Gasteiger charge is 2.26. The average molecular weight is 485 g/mol. The van der Waals surface area contributed by atoms with Crippen LogP contribution >= 0.6 is 0 Å². The SMILES string of the molecule is C=CCn1c(=O)c2cnc(Nc3ccc4c(c3)CCNC4)nc2n1-c1ccnc(N2CCOC2=O)c1. The van der Waals surface area contributed by atoms with Crippen molar-refractivity contribution in [1.29, 1.82) is 0 Å². The van der Waals surface area contributed by atoms with Crippen molar-refractivity contribution in [2.75, 3.05) is 29.9 Å². The third-order valence-electron chi connectivity index (χ3n) is 6.34. The van der Waals surface area contributed by atoms with Crippen molar-refractivity contribution >= 4 is 34.6 Å². The van der Waals surface area contributed by atoms with Crippen LogP contribution in [-0.2, 0) is 24.2 Å². The number of pyridine rings is 1. The number of hydrogen-bond acceptors (Lipinski definition) is 8. The van der Waals surface area contributed by atoms with Crippen LogP contribution in [0.1, 0.15) is 11.1 Å². The summed E-state index contributed by atoms with van der Waals surface area (Å²) in [5.41, 5.74) is 4.28. The van der Waals surface area contributed by atoms with E-state index in [0.29, 0.717) is 41.6 Å². The van der Waals surface area contributed by atoms with Crippen molar-refractivity contribution in [3.05, 3.63) is 76.9 Å². The van der Waals surface area contributed by atoms with E-state index in [1.165, 1.54) is 26.9 Å². The predicted octanol–water partition coefficient (Wildman–Crippen LogP) is 2.51. The van der Waals surface area contributed by atoms with E-state index in [0.717, 1.165) is 25.2 Å². The number of carbonyl (C=O) groups excluding carboxylic acids is 1. The Labute approximate surface area is 206 Å². The van der Waals surface area contributed by atoms with Gasteiger partial charge in [-0.15, -0.1) is 6.58 Å². The summed E-state index contributed by atoms with van der Waals surface area (Å²) in [7, 11) is 0. The summed E-state index contributed by atoms with van der Waals surface area (Å²) in [5.74, 6) is 0.809. The fourth-order valence-corrected chi connectivity index (χ4v) is 4.61. The molecule has 4 aromatic rings. The lowest BCUT2D eigenvalue weighted by molar-refractivity contribution is 0.181. The van der Waals surface area contributed by atoms with E-state index in [1.807, 2.05) is 6.07 Å². The number of carbonyl (C=O) groups is 1. The van der Waals surface area contributed by atoms with Gasteiger partial charge in [0, 0.05) is 30.7 Å². The zero-order valence-corrected chi connectivity index (χ0v) is 19.5. The summed E-state index contributed by atoms with van der Waals surface area (Å²) in [4.78, 5) is 40.2. The molecule has 6 rings (SSSR count). The first-order valence-corrected chi connectivity index (χ1v) is 11.7. The lowest BCUT2D eigenvalue weighted by Crippen LogP contribution is -2.25. The first-order valence-electron chi connectivity index (χ1n) is 11.7. The highest BCUT2D eigenvalue weighted by Crippen LogP contribution is 2.24. The maximum Gasteiger partial charge on any atom is 0.415 e. The molecule has 0 saturated carbocycles. The Hall–Kier alpha value is -4.51. The summed E-state index contributed by atoms with van der Waals surface area (Å²) in [6, 6.07) is 9.71. The van der Waals surface area contributed by atoms with Gasteiger partial charge in [-0.1, -0.05) is 12.1 Å². The topological polar surface area (TPSA) is 119 Å². The molecule has 1 saturated heterocycles. The summed E-state index contributed by atoms with van der Waals surface area (Å²) >= 11 is 0. The number of hydrogen-bond donors (Lipinski definition) is 2. The van der Waals surface area contributed by atoms with E-state index in [-0.39, 0.29) is 12.1 Å². The second-order valence-electron chi connectivity index (χ2n) is 8.59. The van der Waals surface area contributed by atoms with Crippen molar-refractivity contribution in [3.63, 3.8) is 0 Å². The zero-order valence-electron chi connectivity index (χ0n) is 19.5. The lowest BCUT2D eigenvalue weighted by Gasteiger charge is -2.18. The largest absolute Gasteiger partial charge is 0.447 e. The van der Waals surface area contributed by atoms with E-state index in [9.17, 15) is 9.59 Å². The Morgan fingerprint density at radius 3 is 2.92 bits per heavy atom. The number of amides is 1. The molecule has 2 N–H and O–H groups in total. The molecule has 2 aliphatic heterocycles. The minimum atomic E-state index is -0.449. The molecule has 0 unspecified atom stereocenters. The smallest absolute Gasteiger partial charge is 0.415 e. The van der Waals surface area contributed by atoms with Crippen LogP contribution in [0.4, 0.5) is 22.2 Å². The zero-order chi connectivity index (χ0) is 24.6. The number of cyclic esters (lactones) is 1. The van der Waals surface area contributed by atoms with Crippen LogP contribution in [-0.4, -0.2) is 50.1 Å². The molecular formula is C25H24N8O3. The summed E-state index contributed by atoms with van der Waals surface area (Å²) < 4.78 is 8.29. The standard InChI is InChI=1S/C25H24N8O3/c1-2-9-32-23(34)20-15-28-24(29-18-4-3-17-14-26-7-5-16(17)12-18)30-22(20)33(32)19-6-8-27-21(13-19)31-10-11-36-25(31)35/h2-4,6,8,12-13,15,26H,1,5,7,9-11,14H2,(H,28,29,30). The molecule has 11 nitrogen and oxygen atoms in total. The van der Waals surface area contributed by atoms with Gasteiger partial charge in [-0.2, -0.15) is 4.98 Å². The molecule has 0 aliphatic carbocycles. The minimum absolute atomic E-state index is 0.239. The number of anilines is 3. The van der Waals surface area contributed by atoms with E-state index in [1.54, 1.807) is 29.1 Å². The number of fused-ring (bicyclic) bond motifs is 2. The van der Waals surface area contributed by atoms with Crippen molar-refractivity contribution in [2.45, 2.75) is 19.5 Å². The van der Waals surface area contributed by atoms with Crippen LogP contribution in [0.2, 0.25) is 0 Å². The molecule has 3 aromatic heterocycles. The Bertz CT molecular complexity index is 1560. The second-order valence-corrected chi connectivity index (χ2v) is 8.59. The summed E-state index contributed by atoms with van der Waals surface area (Å²) in [6.45, 7) is 6.59. The molecule has 1 fully saturated rings. The van der Waals surface area contributed by atoms with Crippen LogP contribution in [0.15, 0.2) is 60.2 Å². The second kappa shape index (κ2) is 8.93. The van der Waals surface area contributed by atoms with E-state index in [4.69, 9.17) is 9.72 Å². The highest BCUT2D eigenvalue weighted by molar-refractivity contribution is 5.88. The molecule has 11 heteroatoms. The van der Waals surface area contributed by atoms with Gasteiger partial charge in [-0.25, -0.2) is 24.1 Å². The number of benzene rings is 1. The van der Waals surface area contributed by atoms with Gasteiger partial charge in [0.15, 0.2) is 5.65 Å². The van der Waals surface area contributed by atoms with Crippen molar-refractivity contribution in [2.24, 2.45) is 0 Å². The third-order valence-corrected chi connectivity index (χ3v) is 6.34. The molecule has 36 heavy (non-hydrogen) atoms. The number of nitrogens with one attached hydrogen (secondary N) is 2. The Morgan fingerprint density at radius 2 is 2.08 bits per heavy atom. The molecule has 0 bridgehead atoms. The molecule has 2 aliphatic rings. The average Bonchev–Trinajstić information content (AvgIpc) is 3.45. The number of allylic oxidation sites excluding steroid dienone is 1. The van der Waals surface area contributed by atoms with Gasteiger partial charge in [-0.05, 0) is 42.3 Å². The Morgan fingerprint density at radius 1 is 1.17 bits per heavy atom. The number of rotatable bonds is 6.